The lowest BCUT2D eigenvalue weighted by Gasteiger charge is -2.46. The van der Waals surface area contributed by atoms with Crippen molar-refractivity contribution in [2.75, 3.05) is 17.4 Å². The monoisotopic (exact) mass is 535 g/mol. The Kier molecular flexibility index (Phi) is 10.9. The van der Waals surface area contributed by atoms with Crippen LogP contribution in [0.4, 0.5) is 24.7 Å². The number of fused-ring (bicyclic) bond motifs is 1. The van der Waals surface area contributed by atoms with Crippen molar-refractivity contribution < 1.29 is 22.8 Å². The molecule has 38 heavy (non-hydrogen) atoms. The molecule has 2 aliphatic carbocycles. The van der Waals surface area contributed by atoms with E-state index in [1.54, 1.807) is 0 Å². The average Bonchev–Trinajstić information content (AvgIpc) is 3.79. The third-order valence-electron chi connectivity index (χ3n) is 7.05. The first kappa shape index (κ1) is 29.9. The van der Waals surface area contributed by atoms with Gasteiger partial charge in [0.15, 0.2) is 0 Å². The molecule has 1 aromatic carbocycles. The number of benzene rings is 1. The largest absolute Gasteiger partial charge is 0.417 e. The molecule has 3 aliphatic rings. The number of hydrazine groups is 1. The Morgan fingerprint density at radius 2 is 1.71 bits per heavy atom. The summed E-state index contributed by atoms with van der Waals surface area (Å²) in [6.07, 6.45) is 5.23. The van der Waals surface area contributed by atoms with E-state index in [4.69, 9.17) is 4.84 Å². The van der Waals surface area contributed by atoms with Crippen LogP contribution in [0.1, 0.15) is 93.9 Å². The first-order chi connectivity index (χ1) is 18.4. The second kappa shape index (κ2) is 13.9. The van der Waals surface area contributed by atoms with Gasteiger partial charge in [-0.2, -0.15) is 13.2 Å². The Morgan fingerprint density at radius 1 is 1.05 bits per heavy atom. The van der Waals surface area contributed by atoms with Crippen molar-refractivity contribution in [2.45, 2.75) is 95.5 Å². The highest BCUT2D eigenvalue weighted by Crippen LogP contribution is 2.47. The van der Waals surface area contributed by atoms with Crippen LogP contribution >= 0.6 is 0 Å². The van der Waals surface area contributed by atoms with Crippen LogP contribution < -0.4 is 21.6 Å². The molecule has 0 bridgehead atoms. The maximum atomic E-state index is 13.4. The number of anilines is 2. The zero-order valence-electron chi connectivity index (χ0n) is 22.4. The van der Waals surface area contributed by atoms with Gasteiger partial charge in [0.2, 0.25) is 0 Å². The smallest absolute Gasteiger partial charge is 0.346 e. The summed E-state index contributed by atoms with van der Waals surface area (Å²) in [5, 5.41) is 0. The van der Waals surface area contributed by atoms with Crippen LogP contribution in [0.15, 0.2) is 36.5 Å². The molecule has 2 atom stereocenters. The van der Waals surface area contributed by atoms with Crippen molar-refractivity contribution in [3.63, 3.8) is 0 Å². The summed E-state index contributed by atoms with van der Waals surface area (Å²) in [6.45, 7) is 4.00. The van der Waals surface area contributed by atoms with E-state index in [-0.39, 0.29) is 18.2 Å². The third-order valence-corrected chi connectivity index (χ3v) is 7.05. The molecule has 1 aliphatic heterocycles. The summed E-state index contributed by atoms with van der Waals surface area (Å²) in [5.41, 5.74) is 11.7. The molecule has 1 aromatic heterocycles. The minimum Gasteiger partial charge on any atom is -0.346 e. The van der Waals surface area contributed by atoms with Gasteiger partial charge >= 0.3 is 6.18 Å². The fourth-order valence-corrected chi connectivity index (χ4v) is 5.11. The Morgan fingerprint density at radius 3 is 2.29 bits per heavy atom. The second-order valence-electron chi connectivity index (χ2n) is 9.49. The van der Waals surface area contributed by atoms with Crippen LogP contribution in [0.5, 0.6) is 0 Å². The highest BCUT2D eigenvalue weighted by Gasteiger charge is 2.40. The van der Waals surface area contributed by atoms with Crippen molar-refractivity contribution in [1.29, 1.82) is 0 Å². The molecule has 0 radical (unpaired) electrons. The zero-order valence-corrected chi connectivity index (χ0v) is 22.4. The predicted octanol–water partition coefficient (Wildman–Crippen LogP) is 6.28. The van der Waals surface area contributed by atoms with Gasteiger partial charge in [-0.25, -0.2) is 4.98 Å². The van der Waals surface area contributed by atoms with Gasteiger partial charge in [-0.1, -0.05) is 45.2 Å². The van der Waals surface area contributed by atoms with Crippen molar-refractivity contribution in [2.24, 2.45) is 5.73 Å². The van der Waals surface area contributed by atoms with Gasteiger partial charge in [0.25, 0.3) is 0 Å². The van der Waals surface area contributed by atoms with Gasteiger partial charge in [-0.05, 0) is 62.9 Å². The molecule has 0 amide bonds. The number of hydrogen-bond acceptors (Lipinski definition) is 7. The first-order valence-corrected chi connectivity index (χ1v) is 13.6. The first-order valence-electron chi connectivity index (χ1n) is 13.6. The summed E-state index contributed by atoms with van der Waals surface area (Å²) in [6, 6.07) is 9.02. The van der Waals surface area contributed by atoms with E-state index in [0.717, 1.165) is 74.7 Å². The normalized spacial score (nSPS) is 21.3. The lowest BCUT2D eigenvalue weighted by Crippen LogP contribution is -2.44. The minimum absolute atomic E-state index is 0.139. The minimum atomic E-state index is -4.50. The SMILES string of the molecule is CC.CN.O=CC1CC(c2ccc(NNOC3CC3)cc2)N(C2CCCCC2)c2ncc(C(F)(F)F)cc21. The summed E-state index contributed by atoms with van der Waals surface area (Å²) >= 11 is 0. The summed E-state index contributed by atoms with van der Waals surface area (Å²) in [7, 11) is 1.50. The number of hydrogen-bond donors (Lipinski definition) is 3. The predicted molar refractivity (Wildman–Crippen MR) is 144 cm³/mol. The van der Waals surface area contributed by atoms with Crippen LogP contribution in [0.3, 0.4) is 0 Å². The standard InChI is InChI=1S/C25H29F3N4O2.C2H6.CH5N/c26-25(27,28)18-13-22-17(15-33)12-23(32(24(22)29-14-18)20-4-2-1-3-5-20)16-6-8-19(9-7-16)30-31-34-21-10-11-21;2*1-2/h6-9,13-15,17,20-21,23,30-31H,1-5,10-12H2;1-2H3;2H2,1H3. The number of pyridine rings is 1. The highest BCUT2D eigenvalue weighted by molar-refractivity contribution is 5.71. The molecule has 7 nitrogen and oxygen atoms in total. The number of nitrogens with zero attached hydrogens (tertiary/aromatic N) is 2. The summed E-state index contributed by atoms with van der Waals surface area (Å²) in [5.74, 6) is -0.129. The molecule has 4 N–H and O–H groups in total. The van der Waals surface area contributed by atoms with Crippen molar-refractivity contribution >= 4 is 17.8 Å². The molecule has 0 saturated heterocycles. The third kappa shape index (κ3) is 7.24. The van der Waals surface area contributed by atoms with Gasteiger partial charge in [0.1, 0.15) is 12.1 Å². The van der Waals surface area contributed by atoms with E-state index in [1.807, 2.05) is 38.1 Å². The Hall–Kier alpha value is -2.69. The molecule has 210 valence electrons. The van der Waals surface area contributed by atoms with E-state index in [9.17, 15) is 18.0 Å². The quantitative estimate of drug-likeness (QED) is 0.284. The Balaban J connectivity index is 0.000000956. The van der Waals surface area contributed by atoms with Crippen LogP contribution in [0.2, 0.25) is 0 Å². The lowest BCUT2D eigenvalue weighted by atomic mass is 9.82. The number of nitrogens with two attached hydrogens (primary N) is 1. The maximum Gasteiger partial charge on any atom is 0.417 e. The maximum absolute atomic E-state index is 13.4. The van der Waals surface area contributed by atoms with E-state index < -0.39 is 17.7 Å². The molecule has 5 rings (SSSR count). The highest BCUT2D eigenvalue weighted by atomic mass is 19.4. The molecular formula is C28H40F3N5O2. The number of nitrogens with one attached hydrogen (secondary N) is 2. The van der Waals surface area contributed by atoms with Crippen molar-refractivity contribution in [3.8, 4) is 0 Å². The van der Waals surface area contributed by atoms with E-state index in [1.165, 1.54) is 7.05 Å². The number of carbonyl (C=O) groups is 1. The van der Waals surface area contributed by atoms with Crippen molar-refractivity contribution in [3.05, 3.63) is 53.2 Å². The van der Waals surface area contributed by atoms with Gasteiger partial charge < -0.3 is 15.4 Å². The second-order valence-corrected chi connectivity index (χ2v) is 9.49. The number of carbonyl (C=O) groups excluding carboxylic acids is 1. The molecule has 2 saturated carbocycles. The van der Waals surface area contributed by atoms with Gasteiger partial charge in [0.05, 0.1) is 23.4 Å². The lowest BCUT2D eigenvalue weighted by molar-refractivity contribution is -0.138. The van der Waals surface area contributed by atoms with Gasteiger partial charge in [-0.15, -0.1) is 5.59 Å². The number of aromatic nitrogens is 1. The van der Waals surface area contributed by atoms with Crippen LogP contribution in [0.25, 0.3) is 0 Å². The van der Waals surface area contributed by atoms with Crippen LogP contribution in [-0.2, 0) is 15.8 Å². The topological polar surface area (TPSA) is 92.5 Å². The Bertz CT molecular complexity index is 1010. The van der Waals surface area contributed by atoms with E-state index in [0.29, 0.717) is 17.8 Å². The Labute approximate surface area is 223 Å². The fraction of sp³-hybridized carbons (Fsp3) is 0.571. The summed E-state index contributed by atoms with van der Waals surface area (Å²) < 4.78 is 40.2. The molecule has 2 fully saturated rings. The molecular weight excluding hydrogens is 495 g/mol. The van der Waals surface area contributed by atoms with Crippen LogP contribution in [-0.4, -0.2) is 30.5 Å². The summed E-state index contributed by atoms with van der Waals surface area (Å²) in [4.78, 5) is 23.9. The van der Waals surface area contributed by atoms with Crippen molar-refractivity contribution in [1.82, 2.24) is 10.6 Å². The zero-order chi connectivity index (χ0) is 27.7. The molecule has 2 heterocycles. The number of rotatable bonds is 7. The molecule has 0 spiro atoms. The number of alkyl halides is 3. The van der Waals surface area contributed by atoms with E-state index in [2.05, 4.69) is 26.6 Å². The number of halogens is 3. The molecule has 10 heteroatoms. The van der Waals surface area contributed by atoms with Gasteiger partial charge in [0, 0.05) is 23.7 Å². The molecule has 2 unspecified atom stereocenters. The fourth-order valence-electron chi connectivity index (χ4n) is 5.11. The average molecular weight is 536 g/mol. The number of aldehydes is 1. The van der Waals surface area contributed by atoms with Gasteiger partial charge in [-0.3, -0.25) is 10.3 Å². The molecule has 2 aromatic rings. The van der Waals surface area contributed by atoms with E-state index >= 15 is 0 Å². The van der Waals surface area contributed by atoms with Crippen LogP contribution in [0, 0.1) is 0 Å².